The number of esters is 1. The van der Waals surface area contributed by atoms with Crippen molar-refractivity contribution in [2.45, 2.75) is 11.0 Å². The Labute approximate surface area is 153 Å². The third-order valence-corrected chi connectivity index (χ3v) is 5.09. The normalized spacial score (nSPS) is 11.3. The predicted octanol–water partition coefficient (Wildman–Crippen LogP) is 4.04. The van der Waals surface area contributed by atoms with Gasteiger partial charge in [-0.3, -0.25) is 0 Å². The van der Waals surface area contributed by atoms with Crippen molar-refractivity contribution >= 4 is 15.8 Å². The molecule has 0 heterocycles. The first kappa shape index (κ1) is 17.9. The van der Waals surface area contributed by atoms with Crippen LogP contribution in [0.3, 0.4) is 0 Å². The summed E-state index contributed by atoms with van der Waals surface area (Å²) in [5, 5.41) is 0. The molecule has 26 heavy (non-hydrogen) atoms. The number of carbonyl (C=O) groups is 1. The quantitative estimate of drug-likeness (QED) is 0.640. The highest BCUT2D eigenvalue weighted by Crippen LogP contribution is 2.28. The first-order valence-corrected chi connectivity index (χ1v) is 9.96. The number of ether oxygens (including phenoxy) is 1. The van der Waals surface area contributed by atoms with Crippen molar-refractivity contribution in [3.63, 3.8) is 0 Å². The molecule has 4 nitrogen and oxygen atoms in total. The Kier molecular flexibility index (Phi) is 5.19. The van der Waals surface area contributed by atoms with Crippen LogP contribution in [0.15, 0.2) is 89.8 Å². The monoisotopic (exact) mass is 366 g/mol. The first-order valence-electron chi connectivity index (χ1n) is 8.07. The van der Waals surface area contributed by atoms with E-state index < -0.39 is 21.9 Å². The van der Waals surface area contributed by atoms with E-state index in [1.54, 1.807) is 12.1 Å². The van der Waals surface area contributed by atoms with Crippen LogP contribution in [0, 0.1) is 0 Å². The molecule has 0 aliphatic rings. The van der Waals surface area contributed by atoms with Crippen molar-refractivity contribution in [3.05, 3.63) is 102 Å². The number of benzene rings is 3. The Bertz CT molecular complexity index is 957. The zero-order valence-electron chi connectivity index (χ0n) is 14.2. The minimum atomic E-state index is -3.54. The average molecular weight is 366 g/mol. The van der Waals surface area contributed by atoms with Crippen molar-refractivity contribution in [1.82, 2.24) is 0 Å². The van der Waals surface area contributed by atoms with Crippen LogP contribution < -0.4 is 0 Å². The minimum Gasteiger partial charge on any atom is -0.449 e. The molecule has 0 aromatic heterocycles. The third kappa shape index (κ3) is 4.00. The summed E-state index contributed by atoms with van der Waals surface area (Å²) >= 11 is 0. The topological polar surface area (TPSA) is 60.4 Å². The molecule has 0 aliphatic heterocycles. The minimum absolute atomic E-state index is 0.0341. The van der Waals surface area contributed by atoms with Gasteiger partial charge in [-0.25, -0.2) is 13.2 Å². The van der Waals surface area contributed by atoms with Gasteiger partial charge in [0.1, 0.15) is 0 Å². The maximum Gasteiger partial charge on any atom is 0.340 e. The molecule has 132 valence electrons. The molecule has 0 N–H and O–H groups in total. The van der Waals surface area contributed by atoms with Gasteiger partial charge < -0.3 is 4.74 Å². The van der Waals surface area contributed by atoms with Crippen molar-refractivity contribution in [3.8, 4) is 0 Å². The van der Waals surface area contributed by atoms with Crippen molar-refractivity contribution in [2.75, 3.05) is 6.26 Å². The Hall–Kier alpha value is -2.92. The fourth-order valence-corrected chi connectivity index (χ4v) is 3.59. The molecule has 3 rings (SSSR count). The molecule has 0 unspecified atom stereocenters. The molecule has 0 amide bonds. The van der Waals surface area contributed by atoms with E-state index in [1.807, 2.05) is 60.7 Å². The van der Waals surface area contributed by atoms with Gasteiger partial charge in [0.25, 0.3) is 0 Å². The summed E-state index contributed by atoms with van der Waals surface area (Å²) < 4.78 is 29.7. The average Bonchev–Trinajstić information content (AvgIpc) is 2.66. The van der Waals surface area contributed by atoms with Crippen LogP contribution in [-0.2, 0) is 14.6 Å². The number of hydrogen-bond donors (Lipinski definition) is 0. The molecule has 0 fully saturated rings. The van der Waals surface area contributed by atoms with Crippen LogP contribution in [0.1, 0.15) is 27.6 Å². The van der Waals surface area contributed by atoms with E-state index in [4.69, 9.17) is 4.74 Å². The van der Waals surface area contributed by atoms with Gasteiger partial charge in [-0.2, -0.15) is 0 Å². The molecule has 0 saturated heterocycles. The highest BCUT2D eigenvalue weighted by molar-refractivity contribution is 7.90. The lowest BCUT2D eigenvalue weighted by atomic mass is 10.0. The molecule has 0 radical (unpaired) electrons. The summed E-state index contributed by atoms with van der Waals surface area (Å²) in [5.41, 5.74) is 1.65. The van der Waals surface area contributed by atoms with Crippen LogP contribution >= 0.6 is 0 Å². The van der Waals surface area contributed by atoms with E-state index in [0.29, 0.717) is 0 Å². The number of hydrogen-bond acceptors (Lipinski definition) is 4. The fourth-order valence-electron chi connectivity index (χ4n) is 2.71. The maximum atomic E-state index is 12.8. The van der Waals surface area contributed by atoms with Gasteiger partial charge in [-0.15, -0.1) is 0 Å². The number of rotatable bonds is 5. The van der Waals surface area contributed by atoms with Crippen LogP contribution in [0.4, 0.5) is 0 Å². The van der Waals surface area contributed by atoms with Crippen molar-refractivity contribution in [1.29, 1.82) is 0 Å². The Balaban J connectivity index is 2.00. The molecule has 0 spiro atoms. The zero-order chi connectivity index (χ0) is 18.6. The Morgan fingerprint density at radius 1 is 0.769 bits per heavy atom. The summed E-state index contributed by atoms with van der Waals surface area (Å²) in [4.78, 5) is 12.7. The van der Waals surface area contributed by atoms with Crippen LogP contribution in [0.5, 0.6) is 0 Å². The van der Waals surface area contributed by atoms with Crippen LogP contribution in [-0.4, -0.2) is 20.6 Å². The van der Waals surface area contributed by atoms with Crippen LogP contribution in [0.25, 0.3) is 0 Å². The number of sulfone groups is 1. The fraction of sp³-hybridized carbons (Fsp3) is 0.0952. The van der Waals surface area contributed by atoms with Gasteiger partial charge >= 0.3 is 5.97 Å². The van der Waals surface area contributed by atoms with E-state index in [1.165, 1.54) is 12.1 Å². The van der Waals surface area contributed by atoms with E-state index in [9.17, 15) is 13.2 Å². The number of carbonyl (C=O) groups excluding carboxylic acids is 1. The summed E-state index contributed by atoms with van der Waals surface area (Å²) in [6, 6.07) is 24.8. The lowest BCUT2D eigenvalue weighted by Crippen LogP contribution is -2.15. The SMILES string of the molecule is CS(=O)(=O)c1ccccc1C(=O)OC(c1ccccc1)c1ccccc1. The molecule has 5 heteroatoms. The lowest BCUT2D eigenvalue weighted by molar-refractivity contribution is 0.0373. The molecule has 0 atom stereocenters. The van der Waals surface area contributed by atoms with Gasteiger partial charge in [-0.1, -0.05) is 72.8 Å². The molecule has 3 aromatic carbocycles. The standard InChI is InChI=1S/C21H18O4S/c1-26(23,24)19-15-9-8-14-18(19)21(22)25-20(16-10-4-2-5-11-16)17-12-6-3-7-13-17/h2-15,20H,1H3. The predicted molar refractivity (Wildman–Crippen MR) is 99.7 cm³/mol. The molecule has 0 bridgehead atoms. The van der Waals surface area contributed by atoms with Gasteiger partial charge in [-0.05, 0) is 23.3 Å². The first-order chi connectivity index (χ1) is 12.5. The van der Waals surface area contributed by atoms with Crippen molar-refractivity contribution < 1.29 is 17.9 Å². The summed E-state index contributed by atoms with van der Waals surface area (Å²) in [7, 11) is -3.54. The van der Waals surface area contributed by atoms with Gasteiger partial charge in [0.2, 0.25) is 0 Å². The molecular weight excluding hydrogens is 348 g/mol. The molecule has 0 saturated carbocycles. The molecule has 3 aromatic rings. The van der Waals surface area contributed by atoms with Gasteiger partial charge in [0.15, 0.2) is 15.9 Å². The lowest BCUT2D eigenvalue weighted by Gasteiger charge is -2.19. The molecular formula is C21H18O4S. The van der Waals surface area contributed by atoms with Gasteiger partial charge in [0, 0.05) is 6.26 Å². The van der Waals surface area contributed by atoms with Crippen molar-refractivity contribution in [2.24, 2.45) is 0 Å². The summed E-state index contributed by atoms with van der Waals surface area (Å²) in [5.74, 6) is -0.677. The van der Waals surface area contributed by atoms with E-state index in [2.05, 4.69) is 0 Å². The highest BCUT2D eigenvalue weighted by atomic mass is 32.2. The largest absolute Gasteiger partial charge is 0.449 e. The van der Waals surface area contributed by atoms with E-state index >= 15 is 0 Å². The third-order valence-electron chi connectivity index (χ3n) is 3.94. The maximum absolute atomic E-state index is 12.8. The second kappa shape index (κ2) is 7.54. The highest BCUT2D eigenvalue weighted by Gasteiger charge is 2.24. The summed E-state index contributed by atoms with van der Waals surface area (Å²) in [6.07, 6.45) is 0.447. The van der Waals surface area contributed by atoms with E-state index in [0.717, 1.165) is 17.4 Å². The molecule has 0 aliphatic carbocycles. The Morgan fingerprint density at radius 3 is 1.73 bits per heavy atom. The second-order valence-corrected chi connectivity index (χ2v) is 7.86. The second-order valence-electron chi connectivity index (χ2n) is 5.88. The summed E-state index contributed by atoms with van der Waals surface area (Å²) in [6.45, 7) is 0. The van der Waals surface area contributed by atoms with Crippen LogP contribution in [0.2, 0.25) is 0 Å². The van der Waals surface area contributed by atoms with E-state index in [-0.39, 0.29) is 10.5 Å². The zero-order valence-corrected chi connectivity index (χ0v) is 15.0. The Morgan fingerprint density at radius 2 is 1.23 bits per heavy atom. The smallest absolute Gasteiger partial charge is 0.340 e. The van der Waals surface area contributed by atoms with Gasteiger partial charge in [0.05, 0.1) is 10.5 Å².